The number of hydrogen-bond donors (Lipinski definition) is 1. The van der Waals surface area contributed by atoms with Gasteiger partial charge in [0.05, 0.1) is 16.3 Å². The maximum absolute atomic E-state index is 13.3. The third kappa shape index (κ3) is 4.27. The van der Waals surface area contributed by atoms with Gasteiger partial charge >= 0.3 is 6.18 Å². The van der Waals surface area contributed by atoms with E-state index in [1.807, 2.05) is 0 Å². The molecule has 2 rings (SSSR count). The van der Waals surface area contributed by atoms with Crippen LogP contribution in [0.3, 0.4) is 0 Å². The molecule has 0 bridgehead atoms. The largest absolute Gasteiger partial charge is 0.417 e. The van der Waals surface area contributed by atoms with Crippen molar-refractivity contribution in [3.05, 3.63) is 47.0 Å². The third-order valence-electron chi connectivity index (χ3n) is 2.90. The van der Waals surface area contributed by atoms with Crippen LogP contribution in [0.2, 0.25) is 5.02 Å². The summed E-state index contributed by atoms with van der Waals surface area (Å²) in [7, 11) is -1.35. The van der Waals surface area contributed by atoms with Crippen LogP contribution in [-0.2, 0) is 29.6 Å². The molecule has 0 amide bonds. The fraction of sp³-hybridized carbons (Fsp3) is 0.143. The van der Waals surface area contributed by atoms with E-state index in [4.69, 9.17) is 11.6 Å². The van der Waals surface area contributed by atoms with E-state index in [2.05, 4.69) is 21.5 Å². The Labute approximate surface area is 143 Å². The van der Waals surface area contributed by atoms with Gasteiger partial charge in [-0.2, -0.15) is 17.5 Å². The van der Waals surface area contributed by atoms with Crippen LogP contribution in [0.1, 0.15) is 5.56 Å². The van der Waals surface area contributed by atoms with E-state index in [0.717, 1.165) is 6.07 Å². The molecule has 1 unspecified atom stereocenters. The van der Waals surface area contributed by atoms with E-state index in [9.17, 15) is 17.4 Å². The maximum Gasteiger partial charge on any atom is 0.417 e. The molecule has 0 spiro atoms. The SMILES string of the molecule is CS(=O)Nc1cccc(-c2c(Cl)cc(N=S)cc2C(F)(F)F)c1. The van der Waals surface area contributed by atoms with Gasteiger partial charge in [0, 0.05) is 29.9 Å². The van der Waals surface area contributed by atoms with E-state index in [0.29, 0.717) is 5.69 Å². The summed E-state index contributed by atoms with van der Waals surface area (Å²) >= 11 is 10.5. The molecular weight excluding hydrogens is 369 g/mol. The van der Waals surface area contributed by atoms with Gasteiger partial charge < -0.3 is 4.72 Å². The summed E-state index contributed by atoms with van der Waals surface area (Å²) in [4.78, 5) is 0. The summed E-state index contributed by atoms with van der Waals surface area (Å²) in [6.45, 7) is 0. The molecule has 0 aliphatic rings. The lowest BCUT2D eigenvalue weighted by Gasteiger charge is -2.16. The van der Waals surface area contributed by atoms with E-state index in [1.54, 1.807) is 12.1 Å². The maximum atomic E-state index is 13.3. The molecule has 3 nitrogen and oxygen atoms in total. The second kappa shape index (κ2) is 6.94. The Morgan fingerprint density at radius 1 is 1.26 bits per heavy atom. The normalized spacial score (nSPS) is 12.7. The zero-order valence-electron chi connectivity index (χ0n) is 11.6. The van der Waals surface area contributed by atoms with Crippen molar-refractivity contribution in [2.45, 2.75) is 6.18 Å². The Bertz CT molecular complexity index is 781. The van der Waals surface area contributed by atoms with Crippen LogP contribution in [0.15, 0.2) is 40.8 Å². The minimum absolute atomic E-state index is 0.0370. The minimum atomic E-state index is -4.62. The first kappa shape index (κ1) is 17.8. The number of nitrogens with zero attached hydrogens (tertiary/aromatic N) is 1. The number of hydrogen-bond acceptors (Lipinski definition) is 3. The molecular formula is C14H10ClF3N2OS2. The fourth-order valence-electron chi connectivity index (χ4n) is 2.07. The number of anilines is 1. The monoisotopic (exact) mass is 378 g/mol. The second-order valence-corrected chi connectivity index (χ2v) is 6.28. The molecule has 0 heterocycles. The first-order chi connectivity index (χ1) is 10.7. The first-order valence-electron chi connectivity index (χ1n) is 6.17. The van der Waals surface area contributed by atoms with Gasteiger partial charge in [-0.3, -0.25) is 0 Å². The molecule has 1 N–H and O–H groups in total. The fourth-order valence-corrected chi connectivity index (χ4v) is 2.95. The zero-order chi connectivity index (χ0) is 17.2. The summed E-state index contributed by atoms with van der Waals surface area (Å²) in [5.41, 5.74) is -0.473. The van der Waals surface area contributed by atoms with Crippen LogP contribution in [0.25, 0.3) is 11.1 Å². The van der Waals surface area contributed by atoms with E-state index >= 15 is 0 Å². The highest BCUT2D eigenvalue weighted by Crippen LogP contribution is 2.43. The standard InChI is InChI=1S/C14H10ClF3N2OS2/c1-23(21)20-9-4-2-3-8(5-9)13-11(14(16,17)18)6-10(19-22)7-12(13)15/h2-7,20H,1H3. The van der Waals surface area contributed by atoms with Gasteiger partial charge in [0.25, 0.3) is 0 Å². The number of alkyl halides is 3. The molecule has 0 saturated heterocycles. The highest BCUT2D eigenvalue weighted by molar-refractivity contribution is 7.85. The van der Waals surface area contributed by atoms with Gasteiger partial charge in [-0.05, 0) is 29.8 Å². The number of nitrogens with one attached hydrogen (secondary N) is 1. The van der Waals surface area contributed by atoms with Crippen molar-refractivity contribution >= 4 is 46.4 Å². The van der Waals surface area contributed by atoms with Crippen LogP contribution in [0.4, 0.5) is 24.5 Å². The molecule has 0 radical (unpaired) electrons. The molecule has 0 fully saturated rings. The topological polar surface area (TPSA) is 41.5 Å². The first-order valence-corrected chi connectivity index (χ1v) is 8.47. The smallest absolute Gasteiger partial charge is 0.305 e. The summed E-state index contributed by atoms with van der Waals surface area (Å²) in [5.74, 6) is 0. The van der Waals surface area contributed by atoms with Gasteiger partial charge in [-0.1, -0.05) is 23.7 Å². The molecule has 9 heteroatoms. The highest BCUT2D eigenvalue weighted by Gasteiger charge is 2.35. The Morgan fingerprint density at radius 3 is 2.52 bits per heavy atom. The van der Waals surface area contributed by atoms with Crippen molar-refractivity contribution in [2.24, 2.45) is 4.36 Å². The van der Waals surface area contributed by atoms with Crippen molar-refractivity contribution in [1.29, 1.82) is 0 Å². The quantitative estimate of drug-likeness (QED) is 0.804. The predicted octanol–water partition coefficient (Wildman–Crippen LogP) is 5.09. The van der Waals surface area contributed by atoms with Crippen molar-refractivity contribution in [1.82, 2.24) is 0 Å². The van der Waals surface area contributed by atoms with Crippen molar-refractivity contribution in [2.75, 3.05) is 11.0 Å². The van der Waals surface area contributed by atoms with E-state index in [1.165, 1.54) is 24.5 Å². The molecule has 2 aromatic carbocycles. The molecule has 1 atom stereocenters. The van der Waals surface area contributed by atoms with Crippen LogP contribution in [0, 0.1) is 0 Å². The Morgan fingerprint density at radius 2 is 1.96 bits per heavy atom. The van der Waals surface area contributed by atoms with Crippen LogP contribution >= 0.6 is 11.6 Å². The van der Waals surface area contributed by atoms with Crippen molar-refractivity contribution < 1.29 is 17.4 Å². The molecule has 2 aromatic rings. The predicted molar refractivity (Wildman–Crippen MR) is 89.0 cm³/mol. The Hall–Kier alpha value is -1.51. The minimum Gasteiger partial charge on any atom is -0.305 e. The molecule has 23 heavy (non-hydrogen) atoms. The third-order valence-corrected chi connectivity index (χ3v) is 3.93. The summed E-state index contributed by atoms with van der Waals surface area (Å²) in [6.07, 6.45) is -3.20. The number of benzene rings is 2. The van der Waals surface area contributed by atoms with Crippen LogP contribution in [-0.4, -0.2) is 10.5 Å². The lowest BCUT2D eigenvalue weighted by atomic mass is 9.98. The molecule has 122 valence electrons. The van der Waals surface area contributed by atoms with E-state index < -0.39 is 22.7 Å². The average Bonchev–Trinajstić information content (AvgIpc) is 2.44. The lowest BCUT2D eigenvalue weighted by Crippen LogP contribution is -2.08. The zero-order valence-corrected chi connectivity index (χ0v) is 14.0. The Kier molecular flexibility index (Phi) is 5.38. The number of rotatable bonds is 4. The number of halogens is 4. The van der Waals surface area contributed by atoms with Gasteiger partial charge in [0.1, 0.15) is 11.0 Å². The van der Waals surface area contributed by atoms with Crippen molar-refractivity contribution in [3.8, 4) is 11.1 Å². The van der Waals surface area contributed by atoms with Crippen LogP contribution in [0.5, 0.6) is 0 Å². The Balaban J connectivity index is 2.67. The van der Waals surface area contributed by atoms with Crippen LogP contribution < -0.4 is 4.72 Å². The van der Waals surface area contributed by atoms with Gasteiger partial charge in [-0.15, -0.1) is 0 Å². The lowest BCUT2D eigenvalue weighted by molar-refractivity contribution is -0.137. The van der Waals surface area contributed by atoms with Crippen molar-refractivity contribution in [3.63, 3.8) is 0 Å². The van der Waals surface area contributed by atoms with Gasteiger partial charge in [0.2, 0.25) is 0 Å². The van der Waals surface area contributed by atoms with E-state index in [-0.39, 0.29) is 21.8 Å². The summed E-state index contributed by atoms with van der Waals surface area (Å²) in [6, 6.07) is 8.21. The molecule has 0 saturated carbocycles. The summed E-state index contributed by atoms with van der Waals surface area (Å²) in [5, 5.41) is -0.113. The second-order valence-electron chi connectivity index (χ2n) is 4.58. The molecule has 0 aliphatic heterocycles. The van der Waals surface area contributed by atoms with Gasteiger partial charge in [0.15, 0.2) is 0 Å². The highest BCUT2D eigenvalue weighted by atomic mass is 35.5. The molecule has 0 aliphatic carbocycles. The summed E-state index contributed by atoms with van der Waals surface area (Å²) < 4.78 is 57.2. The molecule has 0 aromatic heterocycles. The average molecular weight is 379 g/mol. The van der Waals surface area contributed by atoms with Gasteiger partial charge in [-0.25, -0.2) is 4.21 Å².